The molecule has 8 heteroatoms. The monoisotopic (exact) mass is 422 g/mol. The number of thiophene rings is 1. The molecular formula is C20H23ClN2O4S. The molecule has 6 nitrogen and oxygen atoms in total. The Bertz CT molecular complexity index is 851. The van der Waals surface area contributed by atoms with Gasteiger partial charge >= 0.3 is 5.97 Å². The van der Waals surface area contributed by atoms with Gasteiger partial charge in [0.25, 0.3) is 5.91 Å². The van der Waals surface area contributed by atoms with E-state index in [4.69, 9.17) is 21.1 Å². The van der Waals surface area contributed by atoms with Crippen molar-refractivity contribution in [3.05, 3.63) is 45.3 Å². The Labute approximate surface area is 173 Å². The molecule has 28 heavy (non-hydrogen) atoms. The number of esters is 1. The molecule has 2 aromatic rings. The number of hydrogen-bond acceptors (Lipinski definition) is 6. The van der Waals surface area contributed by atoms with Gasteiger partial charge in [-0.25, -0.2) is 4.79 Å². The van der Waals surface area contributed by atoms with Crippen molar-refractivity contribution in [1.29, 1.82) is 0 Å². The molecule has 1 aliphatic rings. The zero-order chi connectivity index (χ0) is 20.1. The molecule has 1 aliphatic heterocycles. The molecule has 3 rings (SSSR count). The van der Waals surface area contributed by atoms with Crippen LogP contribution >= 0.6 is 22.9 Å². The number of anilines is 1. The Morgan fingerprint density at radius 2 is 2.00 bits per heavy atom. The molecule has 0 spiro atoms. The van der Waals surface area contributed by atoms with Crippen molar-refractivity contribution in [1.82, 2.24) is 4.90 Å². The lowest BCUT2D eigenvalue weighted by atomic mass is 10.0. The van der Waals surface area contributed by atoms with Gasteiger partial charge in [-0.3, -0.25) is 9.69 Å². The van der Waals surface area contributed by atoms with Gasteiger partial charge in [0.05, 0.1) is 12.2 Å². The van der Waals surface area contributed by atoms with Gasteiger partial charge in [-0.05, 0) is 49.7 Å². The van der Waals surface area contributed by atoms with Crippen molar-refractivity contribution in [2.75, 3.05) is 31.6 Å². The van der Waals surface area contributed by atoms with Crippen LogP contribution in [0, 0.1) is 0 Å². The summed E-state index contributed by atoms with van der Waals surface area (Å²) in [6.07, 6.45) is 0.769. The predicted octanol–water partition coefficient (Wildman–Crippen LogP) is 3.97. The van der Waals surface area contributed by atoms with Crippen molar-refractivity contribution in [2.24, 2.45) is 0 Å². The summed E-state index contributed by atoms with van der Waals surface area (Å²) in [6, 6.07) is 6.78. The Balaban J connectivity index is 1.74. The maximum atomic E-state index is 12.5. The van der Waals surface area contributed by atoms with E-state index in [0.29, 0.717) is 21.3 Å². The molecule has 1 N–H and O–H groups in total. The number of rotatable bonds is 7. The molecule has 0 saturated heterocycles. The minimum atomic E-state index is -0.390. The zero-order valence-electron chi connectivity index (χ0n) is 15.9. The maximum absolute atomic E-state index is 12.5. The Morgan fingerprint density at radius 3 is 2.68 bits per heavy atom. The molecule has 1 aromatic heterocycles. The van der Waals surface area contributed by atoms with E-state index in [2.05, 4.69) is 17.1 Å². The number of fused-ring (bicyclic) bond motifs is 1. The van der Waals surface area contributed by atoms with Crippen LogP contribution in [0.5, 0.6) is 5.75 Å². The highest BCUT2D eigenvalue weighted by atomic mass is 35.5. The minimum absolute atomic E-state index is 0.159. The smallest absolute Gasteiger partial charge is 0.341 e. The first-order valence-electron chi connectivity index (χ1n) is 9.24. The van der Waals surface area contributed by atoms with Gasteiger partial charge in [-0.2, -0.15) is 0 Å². The number of likely N-dealkylation sites (N-methyl/N-ethyl adjacent to an activating group) is 1. The third kappa shape index (κ3) is 4.84. The van der Waals surface area contributed by atoms with Crippen LogP contribution in [0.2, 0.25) is 5.02 Å². The van der Waals surface area contributed by atoms with Crippen molar-refractivity contribution in [3.8, 4) is 5.75 Å². The van der Waals surface area contributed by atoms with Gasteiger partial charge in [-0.15, -0.1) is 11.3 Å². The summed E-state index contributed by atoms with van der Waals surface area (Å²) in [7, 11) is 0. The highest BCUT2D eigenvalue weighted by Gasteiger charge is 2.29. The Kier molecular flexibility index (Phi) is 6.93. The van der Waals surface area contributed by atoms with E-state index in [1.807, 2.05) is 0 Å². The van der Waals surface area contributed by atoms with Crippen LogP contribution < -0.4 is 10.1 Å². The van der Waals surface area contributed by atoms with Crippen molar-refractivity contribution in [2.45, 2.75) is 26.8 Å². The van der Waals surface area contributed by atoms with Gasteiger partial charge in [0.2, 0.25) is 0 Å². The van der Waals surface area contributed by atoms with E-state index in [1.54, 1.807) is 31.2 Å². The van der Waals surface area contributed by atoms with Crippen molar-refractivity contribution in [3.63, 3.8) is 0 Å². The lowest BCUT2D eigenvalue weighted by molar-refractivity contribution is -0.118. The van der Waals surface area contributed by atoms with Gasteiger partial charge in [0, 0.05) is 23.0 Å². The molecule has 0 saturated carbocycles. The molecular weight excluding hydrogens is 400 g/mol. The van der Waals surface area contributed by atoms with Gasteiger partial charge in [0.15, 0.2) is 6.61 Å². The molecule has 0 atom stereocenters. The highest BCUT2D eigenvalue weighted by molar-refractivity contribution is 7.17. The summed E-state index contributed by atoms with van der Waals surface area (Å²) in [4.78, 5) is 28.3. The second kappa shape index (κ2) is 9.41. The number of amides is 1. The normalized spacial score (nSPS) is 13.7. The topological polar surface area (TPSA) is 67.9 Å². The minimum Gasteiger partial charge on any atom is -0.484 e. The van der Waals surface area contributed by atoms with Crippen LogP contribution in [-0.4, -0.2) is 43.1 Å². The van der Waals surface area contributed by atoms with E-state index < -0.39 is 0 Å². The lowest BCUT2D eigenvalue weighted by Gasteiger charge is -2.25. The second-order valence-electron chi connectivity index (χ2n) is 6.34. The van der Waals surface area contributed by atoms with E-state index in [0.717, 1.165) is 36.5 Å². The zero-order valence-corrected chi connectivity index (χ0v) is 17.5. The molecule has 1 amide bonds. The molecule has 1 aromatic carbocycles. The van der Waals surface area contributed by atoms with E-state index in [1.165, 1.54) is 11.3 Å². The first-order valence-corrected chi connectivity index (χ1v) is 10.4. The molecule has 0 radical (unpaired) electrons. The number of benzene rings is 1. The SMILES string of the molecule is CCOC(=O)c1c(NC(=O)COc2ccc(Cl)cc2)sc2c1CCN(CC)C2. The largest absolute Gasteiger partial charge is 0.484 e. The lowest BCUT2D eigenvalue weighted by Crippen LogP contribution is -2.30. The van der Waals surface area contributed by atoms with Crippen LogP contribution in [-0.2, 0) is 22.5 Å². The van der Waals surface area contributed by atoms with Crippen molar-refractivity contribution >= 4 is 39.8 Å². The molecule has 150 valence electrons. The maximum Gasteiger partial charge on any atom is 0.341 e. The Morgan fingerprint density at radius 1 is 1.25 bits per heavy atom. The third-order valence-electron chi connectivity index (χ3n) is 4.50. The van der Waals surface area contributed by atoms with Gasteiger partial charge < -0.3 is 14.8 Å². The summed E-state index contributed by atoms with van der Waals surface area (Å²) in [5.41, 5.74) is 1.47. The van der Waals surface area contributed by atoms with E-state index >= 15 is 0 Å². The van der Waals surface area contributed by atoms with Gasteiger partial charge in [-0.1, -0.05) is 18.5 Å². The summed E-state index contributed by atoms with van der Waals surface area (Å²) < 4.78 is 10.7. The average molecular weight is 423 g/mol. The number of nitrogens with zero attached hydrogens (tertiary/aromatic N) is 1. The quantitative estimate of drug-likeness (QED) is 0.683. The van der Waals surface area contributed by atoms with Crippen LogP contribution in [0.3, 0.4) is 0 Å². The number of halogens is 1. The van der Waals surface area contributed by atoms with E-state index in [9.17, 15) is 9.59 Å². The molecule has 0 aliphatic carbocycles. The number of ether oxygens (including phenoxy) is 2. The first-order chi connectivity index (χ1) is 13.5. The average Bonchev–Trinajstić information content (AvgIpc) is 3.04. The Hall–Kier alpha value is -2.09. The fourth-order valence-electron chi connectivity index (χ4n) is 3.08. The second-order valence-corrected chi connectivity index (χ2v) is 7.88. The number of carbonyl (C=O) groups excluding carboxylic acids is 2. The summed E-state index contributed by atoms with van der Waals surface area (Å²) in [5.74, 6) is -0.167. The van der Waals surface area contributed by atoms with Crippen LogP contribution in [0.1, 0.15) is 34.6 Å². The highest BCUT2D eigenvalue weighted by Crippen LogP contribution is 2.37. The predicted molar refractivity (Wildman–Crippen MR) is 111 cm³/mol. The van der Waals surface area contributed by atoms with Crippen molar-refractivity contribution < 1.29 is 19.1 Å². The molecule has 2 heterocycles. The summed E-state index contributed by atoms with van der Waals surface area (Å²) in [6.45, 7) is 6.63. The third-order valence-corrected chi connectivity index (χ3v) is 5.88. The molecule has 0 unspecified atom stereocenters. The number of carbonyl (C=O) groups is 2. The van der Waals surface area contributed by atoms with Crippen LogP contribution in [0.25, 0.3) is 0 Å². The summed E-state index contributed by atoms with van der Waals surface area (Å²) >= 11 is 7.28. The first kappa shape index (κ1) is 20.6. The van der Waals surface area contributed by atoms with Crippen LogP contribution in [0.4, 0.5) is 5.00 Å². The van der Waals surface area contributed by atoms with Gasteiger partial charge in [0.1, 0.15) is 10.8 Å². The van der Waals surface area contributed by atoms with E-state index in [-0.39, 0.29) is 25.1 Å². The standard InChI is InChI=1S/C20H23ClN2O4S/c1-3-23-10-9-15-16(11-23)28-19(18(15)20(25)26-4-2)22-17(24)12-27-14-7-5-13(21)6-8-14/h5-8H,3-4,9-12H2,1-2H3,(H,22,24). The number of hydrogen-bond donors (Lipinski definition) is 1. The van der Waals surface area contributed by atoms with Crippen LogP contribution in [0.15, 0.2) is 24.3 Å². The molecule has 0 bridgehead atoms. The molecule has 0 fully saturated rings. The summed E-state index contributed by atoms with van der Waals surface area (Å²) in [5, 5.41) is 3.96. The fraction of sp³-hybridized carbons (Fsp3) is 0.400. The number of nitrogens with one attached hydrogen (secondary N) is 1. The fourth-order valence-corrected chi connectivity index (χ4v) is 4.50.